The third kappa shape index (κ3) is 3.98. The monoisotopic (exact) mass is 540 g/mol. The quantitative estimate of drug-likeness (QED) is 0.543. The number of benzene rings is 1. The summed E-state index contributed by atoms with van der Waals surface area (Å²) >= 11 is 0. The minimum Gasteiger partial charge on any atom is -0.458 e. The van der Waals surface area contributed by atoms with Crippen LogP contribution in [-0.2, 0) is 23.7 Å². The van der Waals surface area contributed by atoms with Gasteiger partial charge < -0.3 is 28.8 Å². The van der Waals surface area contributed by atoms with Crippen LogP contribution in [0.1, 0.15) is 76.1 Å². The summed E-state index contributed by atoms with van der Waals surface area (Å²) in [6, 6.07) is 9.31. The van der Waals surface area contributed by atoms with Crippen molar-refractivity contribution in [3.63, 3.8) is 0 Å². The van der Waals surface area contributed by atoms with Gasteiger partial charge >= 0.3 is 5.97 Å². The third-order valence-corrected chi connectivity index (χ3v) is 12.2. The second kappa shape index (κ2) is 9.25. The summed E-state index contributed by atoms with van der Waals surface area (Å²) in [5.41, 5.74) is 0.353. The second-order valence-corrected chi connectivity index (χ2v) is 13.9. The molecule has 4 unspecified atom stereocenters. The molecule has 7 heteroatoms. The summed E-state index contributed by atoms with van der Waals surface area (Å²) in [4.78, 5) is 13.5. The minimum absolute atomic E-state index is 0.0543. The second-order valence-electron chi connectivity index (χ2n) is 13.9. The molecule has 0 aromatic heterocycles. The van der Waals surface area contributed by atoms with Gasteiger partial charge in [-0.3, -0.25) is 0 Å². The molecule has 6 aliphatic rings. The van der Waals surface area contributed by atoms with Crippen LogP contribution in [0.3, 0.4) is 0 Å². The van der Waals surface area contributed by atoms with E-state index in [0.717, 1.165) is 44.9 Å². The van der Waals surface area contributed by atoms with E-state index in [1.54, 1.807) is 0 Å². The van der Waals surface area contributed by atoms with Crippen molar-refractivity contribution in [3.05, 3.63) is 35.9 Å². The van der Waals surface area contributed by atoms with Gasteiger partial charge in [-0.2, -0.15) is 0 Å². The first-order chi connectivity index (χ1) is 18.7. The Morgan fingerprint density at radius 1 is 0.897 bits per heavy atom. The lowest BCUT2D eigenvalue weighted by atomic mass is 9.42. The molecule has 0 radical (unpaired) electrons. The maximum Gasteiger partial charge on any atom is 0.338 e. The highest BCUT2D eigenvalue weighted by molar-refractivity contribution is 5.89. The number of aliphatic hydroxyl groups excluding tert-OH is 1. The van der Waals surface area contributed by atoms with Crippen molar-refractivity contribution in [2.24, 2.45) is 40.4 Å². The summed E-state index contributed by atoms with van der Waals surface area (Å²) in [5.74, 6) is -0.520. The summed E-state index contributed by atoms with van der Waals surface area (Å²) in [6.07, 6.45) is 5.39. The predicted octanol–water partition coefficient (Wildman–Crippen LogP) is 4.96. The topological polar surface area (TPSA) is 83.5 Å². The van der Waals surface area contributed by atoms with E-state index in [2.05, 4.69) is 20.8 Å². The maximum atomic E-state index is 13.5. The molecule has 39 heavy (non-hydrogen) atoms. The molecule has 2 saturated heterocycles. The largest absolute Gasteiger partial charge is 0.458 e. The standard InChI is InChI=1S/C32H44O7/c1-29-11-12-32(37-15-16-38-32)18-21(29)17-24(39-28(34)20-7-5-4-6-8-20)26-22-9-10-25(31(3)35-13-14-36-31)30(22,2)19-23(33)27(26)29/h4-8,21-27,33H,9-19H2,1-3H3/t21-,22?,23-,24+,25?,26?,27?,29+,30+/m1/s1. The fourth-order valence-electron chi connectivity index (χ4n) is 10.5. The molecule has 1 spiro atoms. The van der Waals surface area contributed by atoms with Gasteiger partial charge in [-0.25, -0.2) is 4.79 Å². The Labute approximate surface area is 231 Å². The van der Waals surface area contributed by atoms with Crippen molar-refractivity contribution < 1.29 is 33.6 Å². The number of esters is 1. The van der Waals surface area contributed by atoms with Crippen molar-refractivity contribution >= 4 is 5.97 Å². The average molecular weight is 541 g/mol. The van der Waals surface area contributed by atoms with Gasteiger partial charge in [0.2, 0.25) is 0 Å². The van der Waals surface area contributed by atoms with Crippen LogP contribution in [0.15, 0.2) is 30.3 Å². The maximum absolute atomic E-state index is 13.5. The van der Waals surface area contributed by atoms with Crippen LogP contribution < -0.4 is 0 Å². The van der Waals surface area contributed by atoms with Gasteiger partial charge in [-0.15, -0.1) is 0 Å². The molecule has 9 atom stereocenters. The first kappa shape index (κ1) is 26.4. The van der Waals surface area contributed by atoms with E-state index >= 15 is 0 Å². The number of hydrogen-bond acceptors (Lipinski definition) is 7. The van der Waals surface area contributed by atoms with Gasteiger partial charge in [-0.1, -0.05) is 32.0 Å². The molecular formula is C32H44O7. The number of ether oxygens (including phenoxy) is 5. The van der Waals surface area contributed by atoms with E-state index in [1.807, 2.05) is 30.3 Å². The van der Waals surface area contributed by atoms with Crippen LogP contribution in [0.25, 0.3) is 0 Å². The van der Waals surface area contributed by atoms with Gasteiger partial charge in [0.15, 0.2) is 11.6 Å². The number of carbonyl (C=O) groups is 1. The summed E-state index contributed by atoms with van der Waals surface area (Å²) in [7, 11) is 0. The lowest BCUT2D eigenvalue weighted by Crippen LogP contribution is -2.65. The average Bonchev–Trinajstić information content (AvgIpc) is 3.64. The van der Waals surface area contributed by atoms with Crippen molar-refractivity contribution in [2.45, 2.75) is 89.5 Å². The van der Waals surface area contributed by atoms with Gasteiger partial charge in [0, 0.05) is 24.7 Å². The van der Waals surface area contributed by atoms with Gasteiger partial charge in [0.05, 0.1) is 38.1 Å². The van der Waals surface area contributed by atoms with E-state index in [9.17, 15) is 9.90 Å². The van der Waals surface area contributed by atoms with Gasteiger partial charge in [0.25, 0.3) is 0 Å². The number of fused-ring (bicyclic) bond motifs is 5. The van der Waals surface area contributed by atoms with Crippen LogP contribution in [0.5, 0.6) is 0 Å². The van der Waals surface area contributed by atoms with E-state index < -0.39 is 17.7 Å². The number of hydrogen-bond donors (Lipinski definition) is 1. The highest BCUT2D eigenvalue weighted by Crippen LogP contribution is 2.70. The third-order valence-electron chi connectivity index (χ3n) is 12.2. The van der Waals surface area contributed by atoms with Crippen LogP contribution in [-0.4, -0.2) is 61.3 Å². The summed E-state index contributed by atoms with van der Waals surface area (Å²) < 4.78 is 31.2. The molecule has 0 amide bonds. The molecule has 1 aromatic carbocycles. The van der Waals surface area contributed by atoms with Crippen LogP contribution in [0.4, 0.5) is 0 Å². The van der Waals surface area contributed by atoms with Crippen molar-refractivity contribution in [3.8, 4) is 0 Å². The highest BCUT2D eigenvalue weighted by Gasteiger charge is 2.69. The normalized spacial score (nSPS) is 45.9. The molecule has 0 bridgehead atoms. The zero-order chi connectivity index (χ0) is 27.0. The molecule has 1 aromatic rings. The van der Waals surface area contributed by atoms with Crippen molar-refractivity contribution in [2.75, 3.05) is 26.4 Å². The molecule has 7 rings (SSSR count). The smallest absolute Gasteiger partial charge is 0.338 e. The van der Waals surface area contributed by atoms with E-state index in [0.29, 0.717) is 37.9 Å². The molecule has 6 fully saturated rings. The Hall–Kier alpha value is -1.51. The molecule has 2 heterocycles. The highest BCUT2D eigenvalue weighted by atomic mass is 16.7. The minimum atomic E-state index is -0.623. The van der Waals surface area contributed by atoms with Crippen LogP contribution in [0, 0.1) is 40.4 Å². The molecular weight excluding hydrogens is 496 g/mol. The molecule has 1 N–H and O–H groups in total. The van der Waals surface area contributed by atoms with Gasteiger partial charge in [0.1, 0.15) is 6.10 Å². The molecule has 4 saturated carbocycles. The Kier molecular flexibility index (Phi) is 6.26. The summed E-state index contributed by atoms with van der Waals surface area (Å²) in [6.45, 7) is 9.31. The molecule has 2 aliphatic heterocycles. The van der Waals surface area contributed by atoms with E-state index in [-0.39, 0.29) is 46.6 Å². The Balaban J connectivity index is 1.26. The van der Waals surface area contributed by atoms with Gasteiger partial charge in [-0.05, 0) is 79.7 Å². The Morgan fingerprint density at radius 3 is 2.31 bits per heavy atom. The number of aliphatic hydroxyl groups is 1. The molecule has 214 valence electrons. The fraction of sp³-hybridized carbons (Fsp3) is 0.781. The Bertz CT molecular complexity index is 1080. The predicted molar refractivity (Wildman–Crippen MR) is 143 cm³/mol. The SMILES string of the molecule is CC1(C2CCC3C4C([C@H](O)C[C@@]32C)[C@@]2(C)CCC3(C[C@H]2C[C@@H]4OC(=O)c2ccccc2)OCCO3)OCCO1. The van der Waals surface area contributed by atoms with Crippen molar-refractivity contribution in [1.82, 2.24) is 0 Å². The fourth-order valence-corrected chi connectivity index (χ4v) is 10.5. The van der Waals surface area contributed by atoms with E-state index in [1.165, 1.54) is 0 Å². The molecule has 4 aliphatic carbocycles. The summed E-state index contributed by atoms with van der Waals surface area (Å²) in [5, 5.41) is 12.1. The number of carbonyl (C=O) groups excluding carboxylic acids is 1. The van der Waals surface area contributed by atoms with Crippen molar-refractivity contribution in [1.29, 1.82) is 0 Å². The van der Waals surface area contributed by atoms with E-state index in [4.69, 9.17) is 23.7 Å². The Morgan fingerprint density at radius 2 is 1.59 bits per heavy atom. The first-order valence-electron chi connectivity index (χ1n) is 15.2. The number of rotatable bonds is 3. The molecule has 7 nitrogen and oxygen atoms in total. The lowest BCUT2D eigenvalue weighted by molar-refractivity contribution is -0.268. The van der Waals surface area contributed by atoms with Crippen LogP contribution in [0.2, 0.25) is 0 Å². The zero-order valence-electron chi connectivity index (χ0n) is 23.6. The first-order valence-corrected chi connectivity index (χ1v) is 15.2. The lowest BCUT2D eigenvalue weighted by Gasteiger charge is -2.64. The zero-order valence-corrected chi connectivity index (χ0v) is 23.6. The van der Waals surface area contributed by atoms with Crippen LogP contribution >= 0.6 is 0 Å².